The number of pyridine rings is 1. The molecular weight excluding hydrogens is 346 g/mol. The Morgan fingerprint density at radius 1 is 1.47 bits per heavy atom. The first-order chi connectivity index (χ1) is 8.97. The van der Waals surface area contributed by atoms with E-state index in [0.29, 0.717) is 10.6 Å². The lowest BCUT2D eigenvalue weighted by Crippen LogP contribution is -2.05. The van der Waals surface area contributed by atoms with Crippen LogP contribution in [0.2, 0.25) is 0 Å². The van der Waals surface area contributed by atoms with Gasteiger partial charge in [-0.3, -0.25) is 0 Å². The van der Waals surface area contributed by atoms with E-state index in [0.717, 1.165) is 21.5 Å². The zero-order chi connectivity index (χ0) is 14.0. The van der Waals surface area contributed by atoms with Gasteiger partial charge >= 0.3 is 5.97 Å². The van der Waals surface area contributed by atoms with Crippen LogP contribution < -0.4 is 0 Å². The van der Waals surface area contributed by atoms with E-state index in [1.807, 2.05) is 25.3 Å². The zero-order valence-corrected chi connectivity index (χ0v) is 13.7. The summed E-state index contributed by atoms with van der Waals surface area (Å²) in [6, 6.07) is 3.84. The number of thiophene rings is 1. The van der Waals surface area contributed by atoms with Crippen molar-refractivity contribution in [1.82, 2.24) is 4.98 Å². The molecule has 0 spiro atoms. The summed E-state index contributed by atoms with van der Waals surface area (Å²) in [7, 11) is 0. The second-order valence-electron chi connectivity index (χ2n) is 4.09. The number of rotatable bonds is 4. The summed E-state index contributed by atoms with van der Waals surface area (Å²) < 4.78 is 1.06. The van der Waals surface area contributed by atoms with E-state index in [9.17, 15) is 9.90 Å². The number of nitrogens with zero attached hydrogens (tertiary/aromatic N) is 1. The predicted octanol–water partition coefficient (Wildman–Crippen LogP) is 4.51. The number of carboxylic acids is 1. The van der Waals surface area contributed by atoms with Crippen molar-refractivity contribution >= 4 is 45.0 Å². The molecule has 100 valence electrons. The summed E-state index contributed by atoms with van der Waals surface area (Å²) >= 11 is 6.53. The first-order valence-corrected chi connectivity index (χ1v) is 8.20. The topological polar surface area (TPSA) is 50.2 Å². The molecule has 0 fully saturated rings. The van der Waals surface area contributed by atoms with Crippen LogP contribution in [0.5, 0.6) is 0 Å². The van der Waals surface area contributed by atoms with E-state index >= 15 is 0 Å². The Balaban J connectivity index is 2.26. The molecule has 0 aromatic carbocycles. The van der Waals surface area contributed by atoms with Crippen LogP contribution in [0.3, 0.4) is 0 Å². The van der Waals surface area contributed by atoms with E-state index in [1.165, 1.54) is 16.6 Å². The molecular formula is C13H12BrNO2S2. The molecule has 19 heavy (non-hydrogen) atoms. The summed E-state index contributed by atoms with van der Waals surface area (Å²) in [4.78, 5) is 16.9. The third kappa shape index (κ3) is 3.58. The summed E-state index contributed by atoms with van der Waals surface area (Å²) in [6.07, 6.45) is 0. The molecule has 1 N–H and O–H groups in total. The number of thioether (sulfide) groups is 1. The van der Waals surface area contributed by atoms with Crippen LogP contribution in [-0.2, 0) is 5.75 Å². The van der Waals surface area contributed by atoms with Gasteiger partial charge in [-0.1, -0.05) is 11.8 Å². The lowest BCUT2D eigenvalue weighted by Gasteiger charge is -2.08. The Kier molecular flexibility index (Phi) is 4.65. The number of carboxylic acid groups (broad SMARTS) is 1. The number of halogens is 1. The van der Waals surface area contributed by atoms with Gasteiger partial charge in [0.2, 0.25) is 0 Å². The van der Waals surface area contributed by atoms with Crippen molar-refractivity contribution in [2.45, 2.75) is 24.6 Å². The summed E-state index contributed by atoms with van der Waals surface area (Å²) in [5, 5.41) is 11.9. The van der Waals surface area contributed by atoms with Gasteiger partial charge in [0.25, 0.3) is 0 Å². The molecule has 3 nitrogen and oxygen atoms in total. The first-order valence-electron chi connectivity index (χ1n) is 5.54. The van der Waals surface area contributed by atoms with Gasteiger partial charge < -0.3 is 5.11 Å². The predicted molar refractivity (Wildman–Crippen MR) is 82.3 cm³/mol. The van der Waals surface area contributed by atoms with Gasteiger partial charge in [0.05, 0.1) is 5.56 Å². The van der Waals surface area contributed by atoms with E-state index < -0.39 is 5.97 Å². The van der Waals surface area contributed by atoms with Crippen molar-refractivity contribution in [2.24, 2.45) is 0 Å². The minimum Gasteiger partial charge on any atom is -0.478 e. The normalized spacial score (nSPS) is 10.7. The maximum Gasteiger partial charge on any atom is 0.338 e. The van der Waals surface area contributed by atoms with Gasteiger partial charge in [-0.2, -0.15) is 0 Å². The van der Waals surface area contributed by atoms with Gasteiger partial charge in [0.1, 0.15) is 5.03 Å². The summed E-state index contributed by atoms with van der Waals surface area (Å²) in [5.74, 6) is -0.188. The van der Waals surface area contributed by atoms with Gasteiger partial charge in [0.15, 0.2) is 0 Å². The minimum absolute atomic E-state index is 0.311. The molecule has 2 rings (SSSR count). The van der Waals surface area contributed by atoms with Crippen molar-refractivity contribution in [3.05, 3.63) is 43.7 Å². The smallest absolute Gasteiger partial charge is 0.338 e. The van der Waals surface area contributed by atoms with Gasteiger partial charge in [0, 0.05) is 26.2 Å². The van der Waals surface area contributed by atoms with Gasteiger partial charge in [-0.05, 0) is 47.5 Å². The van der Waals surface area contributed by atoms with E-state index in [-0.39, 0.29) is 0 Å². The molecule has 0 aliphatic rings. The standard InChI is InChI=1S/C13H12BrNO2S2/c1-7-3-8(2)15-12(11(7)13(16)17)19-6-10-4-9(14)5-18-10/h3-5H,6H2,1-2H3,(H,16,17). The number of carbonyl (C=O) groups is 1. The fraction of sp³-hybridized carbons (Fsp3) is 0.231. The van der Waals surface area contributed by atoms with Crippen LogP contribution in [0.15, 0.2) is 27.0 Å². The lowest BCUT2D eigenvalue weighted by molar-refractivity contribution is 0.0691. The lowest BCUT2D eigenvalue weighted by atomic mass is 10.1. The summed E-state index contributed by atoms with van der Waals surface area (Å²) in [6.45, 7) is 3.69. The molecule has 6 heteroatoms. The molecule has 0 aliphatic heterocycles. The molecule has 2 aromatic heterocycles. The average Bonchev–Trinajstić information content (AvgIpc) is 2.71. The Bertz CT molecular complexity index is 625. The van der Waals surface area contributed by atoms with Crippen LogP contribution in [0.1, 0.15) is 26.5 Å². The first kappa shape index (κ1) is 14.6. The molecule has 0 unspecified atom stereocenters. The second kappa shape index (κ2) is 6.07. The van der Waals surface area contributed by atoms with Crippen molar-refractivity contribution in [2.75, 3.05) is 0 Å². The number of aryl methyl sites for hydroxylation is 2. The Morgan fingerprint density at radius 3 is 2.79 bits per heavy atom. The largest absolute Gasteiger partial charge is 0.478 e. The molecule has 0 saturated carbocycles. The maximum absolute atomic E-state index is 11.3. The highest BCUT2D eigenvalue weighted by atomic mass is 79.9. The van der Waals surface area contributed by atoms with Gasteiger partial charge in [-0.15, -0.1) is 11.3 Å². The molecule has 0 atom stereocenters. The third-order valence-electron chi connectivity index (χ3n) is 2.50. The van der Waals surface area contributed by atoms with Crippen LogP contribution in [0, 0.1) is 13.8 Å². The molecule has 0 radical (unpaired) electrons. The highest BCUT2D eigenvalue weighted by Gasteiger charge is 2.16. The van der Waals surface area contributed by atoms with Crippen LogP contribution in [-0.4, -0.2) is 16.1 Å². The number of hydrogen-bond acceptors (Lipinski definition) is 4. The Hall–Kier alpha value is -0.850. The monoisotopic (exact) mass is 357 g/mol. The van der Waals surface area contributed by atoms with Crippen LogP contribution in [0.4, 0.5) is 0 Å². The second-order valence-corrected chi connectivity index (χ2v) is 6.96. The minimum atomic E-state index is -0.917. The average molecular weight is 358 g/mol. The van der Waals surface area contributed by atoms with Crippen molar-refractivity contribution < 1.29 is 9.90 Å². The zero-order valence-electron chi connectivity index (χ0n) is 10.4. The SMILES string of the molecule is Cc1cc(C)c(C(=O)O)c(SCc2cc(Br)cs2)n1. The molecule has 0 aliphatic carbocycles. The van der Waals surface area contributed by atoms with E-state index in [1.54, 1.807) is 17.4 Å². The number of hydrogen-bond donors (Lipinski definition) is 1. The van der Waals surface area contributed by atoms with E-state index in [4.69, 9.17) is 0 Å². The molecule has 0 bridgehead atoms. The highest BCUT2D eigenvalue weighted by Crippen LogP contribution is 2.30. The van der Waals surface area contributed by atoms with Crippen molar-refractivity contribution in [3.63, 3.8) is 0 Å². The van der Waals surface area contributed by atoms with Gasteiger partial charge in [-0.25, -0.2) is 9.78 Å². The molecule has 0 saturated heterocycles. The van der Waals surface area contributed by atoms with E-state index in [2.05, 4.69) is 20.9 Å². The highest BCUT2D eigenvalue weighted by molar-refractivity contribution is 9.10. The van der Waals surface area contributed by atoms with Crippen molar-refractivity contribution in [3.8, 4) is 0 Å². The fourth-order valence-corrected chi connectivity index (χ4v) is 4.38. The maximum atomic E-state index is 11.3. The number of aromatic nitrogens is 1. The molecule has 2 heterocycles. The van der Waals surface area contributed by atoms with Crippen molar-refractivity contribution in [1.29, 1.82) is 0 Å². The molecule has 2 aromatic rings. The quantitative estimate of drug-likeness (QED) is 0.817. The number of aromatic carboxylic acids is 1. The summed E-state index contributed by atoms with van der Waals surface area (Å²) in [5.41, 5.74) is 1.92. The fourth-order valence-electron chi connectivity index (χ4n) is 1.74. The van der Waals surface area contributed by atoms with Crippen LogP contribution in [0.25, 0.3) is 0 Å². The Morgan fingerprint density at radius 2 is 2.21 bits per heavy atom. The Labute approximate surface area is 128 Å². The third-order valence-corrected chi connectivity index (χ3v) is 5.40. The molecule has 0 amide bonds. The van der Waals surface area contributed by atoms with Crippen LogP contribution >= 0.6 is 39.0 Å².